The van der Waals surface area contributed by atoms with Crippen LogP contribution in [0.5, 0.6) is 5.75 Å². The molecule has 0 bridgehead atoms. The van der Waals surface area contributed by atoms with Crippen molar-refractivity contribution >= 4 is 5.69 Å². The Hall–Kier alpha value is -1.18. The van der Waals surface area contributed by atoms with Crippen LogP contribution < -0.4 is 10.1 Å². The van der Waals surface area contributed by atoms with E-state index >= 15 is 0 Å². The Morgan fingerprint density at radius 3 is 3.00 bits per heavy atom. The van der Waals surface area contributed by atoms with Crippen molar-refractivity contribution in [3.05, 3.63) is 24.3 Å². The lowest BCUT2D eigenvalue weighted by Crippen LogP contribution is -2.20. The zero-order valence-electron chi connectivity index (χ0n) is 12.3. The lowest BCUT2D eigenvalue weighted by Gasteiger charge is -2.27. The fraction of sp³-hybridized carbons (Fsp3) is 0.647. The molecule has 1 aromatic rings. The number of ether oxygens (including phenoxy) is 1. The highest BCUT2D eigenvalue weighted by Gasteiger charge is 2.18. The first-order valence-electron chi connectivity index (χ1n) is 7.74. The standard InChI is InChI=1S/C17H27NO/c1-3-10-19-17-9-5-8-16(12-17)18-13-15-7-4-6-14(2)11-15/h5,8-9,12,14-15,18H,3-4,6-7,10-11,13H2,1-2H3. The van der Waals surface area contributed by atoms with Gasteiger partial charge >= 0.3 is 0 Å². The van der Waals surface area contributed by atoms with Gasteiger partial charge in [-0.2, -0.15) is 0 Å². The van der Waals surface area contributed by atoms with Crippen LogP contribution in [0.15, 0.2) is 24.3 Å². The molecular weight excluding hydrogens is 234 g/mol. The van der Waals surface area contributed by atoms with Crippen LogP contribution in [-0.2, 0) is 0 Å². The number of hydrogen-bond donors (Lipinski definition) is 1. The molecule has 0 spiro atoms. The molecule has 0 aliphatic heterocycles. The van der Waals surface area contributed by atoms with E-state index in [0.29, 0.717) is 0 Å². The Morgan fingerprint density at radius 2 is 2.21 bits per heavy atom. The summed E-state index contributed by atoms with van der Waals surface area (Å²) in [7, 11) is 0. The molecule has 106 valence electrons. The topological polar surface area (TPSA) is 21.3 Å². The third-order valence-corrected chi connectivity index (χ3v) is 3.95. The van der Waals surface area contributed by atoms with Gasteiger partial charge in [0.15, 0.2) is 0 Å². The van der Waals surface area contributed by atoms with Gasteiger partial charge in [-0.05, 0) is 43.2 Å². The largest absolute Gasteiger partial charge is 0.494 e. The van der Waals surface area contributed by atoms with E-state index in [1.54, 1.807) is 0 Å². The van der Waals surface area contributed by atoms with E-state index in [1.807, 2.05) is 6.07 Å². The van der Waals surface area contributed by atoms with E-state index in [4.69, 9.17) is 4.74 Å². The normalized spacial score (nSPS) is 23.1. The molecule has 1 N–H and O–H groups in total. The smallest absolute Gasteiger partial charge is 0.121 e. The molecule has 1 saturated carbocycles. The fourth-order valence-electron chi connectivity index (χ4n) is 2.92. The summed E-state index contributed by atoms with van der Waals surface area (Å²) in [6, 6.07) is 8.34. The second-order valence-electron chi connectivity index (χ2n) is 5.89. The van der Waals surface area contributed by atoms with Gasteiger partial charge in [0.25, 0.3) is 0 Å². The Kier molecular flexibility index (Phi) is 5.56. The molecule has 1 fully saturated rings. The number of hydrogen-bond acceptors (Lipinski definition) is 2. The van der Waals surface area contributed by atoms with Gasteiger partial charge in [0.2, 0.25) is 0 Å². The van der Waals surface area contributed by atoms with Crippen molar-refractivity contribution < 1.29 is 4.74 Å². The van der Waals surface area contributed by atoms with Gasteiger partial charge in [-0.25, -0.2) is 0 Å². The average molecular weight is 261 g/mol. The minimum Gasteiger partial charge on any atom is -0.494 e. The minimum atomic E-state index is 0.795. The lowest BCUT2D eigenvalue weighted by molar-refractivity contribution is 0.293. The van der Waals surface area contributed by atoms with Gasteiger partial charge in [-0.1, -0.05) is 32.8 Å². The summed E-state index contributed by atoms with van der Waals surface area (Å²) in [5.41, 5.74) is 1.19. The molecule has 1 aliphatic carbocycles. The van der Waals surface area contributed by atoms with Crippen molar-refractivity contribution in [3.63, 3.8) is 0 Å². The lowest BCUT2D eigenvalue weighted by atomic mass is 9.82. The summed E-state index contributed by atoms with van der Waals surface area (Å²) in [5, 5.41) is 3.57. The summed E-state index contributed by atoms with van der Waals surface area (Å²) in [6.45, 7) is 6.41. The van der Waals surface area contributed by atoms with E-state index in [9.17, 15) is 0 Å². The van der Waals surface area contributed by atoms with E-state index in [2.05, 4.69) is 37.4 Å². The Labute approximate surface area is 117 Å². The predicted octanol–water partition coefficient (Wildman–Crippen LogP) is 4.71. The van der Waals surface area contributed by atoms with Crippen LogP contribution in [0.25, 0.3) is 0 Å². The van der Waals surface area contributed by atoms with E-state index in [-0.39, 0.29) is 0 Å². The molecule has 2 nitrogen and oxygen atoms in total. The van der Waals surface area contributed by atoms with Crippen molar-refractivity contribution in [3.8, 4) is 5.75 Å². The molecule has 2 heteroatoms. The maximum Gasteiger partial charge on any atom is 0.121 e. The molecule has 19 heavy (non-hydrogen) atoms. The highest BCUT2D eigenvalue weighted by Crippen LogP contribution is 2.29. The molecule has 0 heterocycles. The first kappa shape index (κ1) is 14.2. The van der Waals surface area contributed by atoms with Crippen LogP contribution in [-0.4, -0.2) is 13.2 Å². The van der Waals surface area contributed by atoms with E-state index in [1.165, 1.54) is 31.4 Å². The zero-order chi connectivity index (χ0) is 13.5. The number of anilines is 1. The number of benzene rings is 1. The molecule has 0 radical (unpaired) electrons. The first-order chi connectivity index (χ1) is 9.28. The quantitative estimate of drug-likeness (QED) is 0.800. The summed E-state index contributed by atoms with van der Waals surface area (Å²) < 4.78 is 5.66. The van der Waals surface area contributed by atoms with Gasteiger partial charge in [0, 0.05) is 18.3 Å². The average Bonchev–Trinajstić information content (AvgIpc) is 2.43. The Bertz CT molecular complexity index is 377. The number of nitrogens with one attached hydrogen (secondary N) is 1. The van der Waals surface area contributed by atoms with Crippen molar-refractivity contribution in [2.75, 3.05) is 18.5 Å². The summed E-state index contributed by atoms with van der Waals surface area (Å²) in [5.74, 6) is 2.72. The van der Waals surface area contributed by atoms with Gasteiger partial charge in [-0.3, -0.25) is 0 Å². The molecule has 2 rings (SSSR count). The van der Waals surface area contributed by atoms with Gasteiger partial charge in [0.1, 0.15) is 5.75 Å². The summed E-state index contributed by atoms with van der Waals surface area (Å²) in [4.78, 5) is 0. The molecule has 0 saturated heterocycles. The zero-order valence-corrected chi connectivity index (χ0v) is 12.3. The monoisotopic (exact) mass is 261 g/mol. The SMILES string of the molecule is CCCOc1cccc(NCC2CCCC(C)C2)c1. The molecule has 2 atom stereocenters. The van der Waals surface area contributed by atoms with Crippen LogP contribution >= 0.6 is 0 Å². The molecule has 2 unspecified atom stereocenters. The fourth-order valence-corrected chi connectivity index (χ4v) is 2.92. The highest BCUT2D eigenvalue weighted by atomic mass is 16.5. The Morgan fingerprint density at radius 1 is 1.32 bits per heavy atom. The van der Waals surface area contributed by atoms with Gasteiger partial charge < -0.3 is 10.1 Å². The Balaban J connectivity index is 1.81. The second kappa shape index (κ2) is 7.42. The first-order valence-corrected chi connectivity index (χ1v) is 7.74. The van der Waals surface area contributed by atoms with Crippen LogP contribution in [0.4, 0.5) is 5.69 Å². The third kappa shape index (κ3) is 4.77. The summed E-state index contributed by atoms with van der Waals surface area (Å²) in [6.07, 6.45) is 6.62. The summed E-state index contributed by atoms with van der Waals surface area (Å²) >= 11 is 0. The van der Waals surface area contributed by atoms with Crippen LogP contribution in [0, 0.1) is 11.8 Å². The minimum absolute atomic E-state index is 0.795. The van der Waals surface area contributed by atoms with Crippen LogP contribution in [0.3, 0.4) is 0 Å². The number of rotatable bonds is 6. The molecule has 1 aliphatic rings. The van der Waals surface area contributed by atoms with Crippen molar-refractivity contribution in [1.29, 1.82) is 0 Å². The molecule has 0 amide bonds. The molecule has 0 aromatic heterocycles. The molecule has 1 aromatic carbocycles. The van der Waals surface area contributed by atoms with Gasteiger partial charge in [-0.15, -0.1) is 0 Å². The maximum atomic E-state index is 5.66. The second-order valence-corrected chi connectivity index (χ2v) is 5.89. The van der Waals surface area contributed by atoms with Crippen molar-refractivity contribution in [1.82, 2.24) is 0 Å². The van der Waals surface area contributed by atoms with Crippen molar-refractivity contribution in [2.24, 2.45) is 11.8 Å². The highest BCUT2D eigenvalue weighted by molar-refractivity contribution is 5.48. The third-order valence-electron chi connectivity index (χ3n) is 3.95. The van der Waals surface area contributed by atoms with Crippen LogP contribution in [0.2, 0.25) is 0 Å². The van der Waals surface area contributed by atoms with Crippen molar-refractivity contribution in [2.45, 2.75) is 46.0 Å². The van der Waals surface area contributed by atoms with Crippen LogP contribution in [0.1, 0.15) is 46.0 Å². The van der Waals surface area contributed by atoms with Gasteiger partial charge in [0.05, 0.1) is 6.61 Å². The molecular formula is C17H27NO. The predicted molar refractivity (Wildman–Crippen MR) is 81.8 cm³/mol. The van der Waals surface area contributed by atoms with E-state index in [0.717, 1.165) is 37.2 Å². The van der Waals surface area contributed by atoms with E-state index < -0.39 is 0 Å². The maximum absolute atomic E-state index is 5.66.